The maximum Gasteiger partial charge on any atom is 0.203 e. The van der Waals surface area contributed by atoms with Crippen LogP contribution in [0.15, 0.2) is 40.6 Å². The van der Waals surface area contributed by atoms with Gasteiger partial charge in [-0.05, 0) is 6.07 Å². The quantitative estimate of drug-likeness (QED) is 0.813. The van der Waals surface area contributed by atoms with Crippen LogP contribution in [-0.4, -0.2) is 15.7 Å². The van der Waals surface area contributed by atoms with E-state index in [-0.39, 0.29) is 5.78 Å². The van der Waals surface area contributed by atoms with Crippen molar-refractivity contribution in [1.82, 2.24) is 0 Å². The molecule has 0 spiro atoms. The second kappa shape index (κ2) is 5.91. The molecule has 0 amide bonds. The minimum atomic E-state index is -1.21. The summed E-state index contributed by atoms with van der Waals surface area (Å²) < 4.78 is 12.3. The molecule has 0 fully saturated rings. The van der Waals surface area contributed by atoms with Gasteiger partial charge in [-0.25, -0.2) is 0 Å². The van der Waals surface area contributed by atoms with Crippen LogP contribution in [0.5, 0.6) is 0 Å². The van der Waals surface area contributed by atoms with Crippen LogP contribution in [-0.2, 0) is 10.8 Å². The normalized spacial score (nSPS) is 11.8. The van der Waals surface area contributed by atoms with Crippen molar-refractivity contribution >= 4 is 27.9 Å². The number of rotatable bonds is 4. The summed E-state index contributed by atoms with van der Waals surface area (Å²) in [5.41, 5.74) is 0.909. The lowest BCUT2D eigenvalue weighted by Gasteiger charge is -1.96. The number of hydrogen-bond acceptors (Lipinski definition) is 4. The molecule has 19 heavy (non-hydrogen) atoms. The highest BCUT2D eigenvalue weighted by atomic mass is 32.2. The molecule has 0 bridgehead atoms. The maximum absolute atomic E-state index is 12.2. The number of carbonyl (C=O) groups excluding carboxylic acids is 1. The lowest BCUT2D eigenvalue weighted by Crippen LogP contribution is -1.97. The van der Waals surface area contributed by atoms with E-state index < -0.39 is 10.8 Å². The molecule has 0 aliphatic carbocycles. The van der Waals surface area contributed by atoms with Crippen LogP contribution in [0.2, 0.25) is 0 Å². The van der Waals surface area contributed by atoms with Crippen molar-refractivity contribution in [3.8, 4) is 6.07 Å². The fourth-order valence-electron chi connectivity index (χ4n) is 1.60. The third kappa shape index (κ3) is 2.80. The van der Waals surface area contributed by atoms with E-state index >= 15 is 0 Å². The Bertz CT molecular complexity index is 668. The zero-order valence-electron chi connectivity index (χ0n) is 10.3. The van der Waals surface area contributed by atoms with Gasteiger partial charge in [-0.2, -0.15) is 5.26 Å². The average molecular weight is 289 g/mol. The first-order valence-corrected chi connectivity index (χ1v) is 7.83. The number of carbonyl (C=O) groups is 1. The van der Waals surface area contributed by atoms with Gasteiger partial charge in [0.15, 0.2) is 0 Å². The van der Waals surface area contributed by atoms with Crippen molar-refractivity contribution in [2.75, 3.05) is 5.75 Å². The Hall–Kier alpha value is -1.77. The third-order valence-electron chi connectivity index (χ3n) is 2.55. The van der Waals surface area contributed by atoms with Gasteiger partial charge in [0.25, 0.3) is 0 Å². The summed E-state index contributed by atoms with van der Waals surface area (Å²) in [7, 11) is -1.21. The summed E-state index contributed by atoms with van der Waals surface area (Å²) in [4.78, 5) is 12.7. The van der Waals surface area contributed by atoms with Crippen LogP contribution in [0.4, 0.5) is 0 Å². The Kier molecular flexibility index (Phi) is 4.25. The van der Waals surface area contributed by atoms with E-state index in [9.17, 15) is 9.00 Å². The number of benzene rings is 1. The molecule has 1 heterocycles. The molecule has 3 nitrogen and oxygen atoms in total. The molecule has 0 radical (unpaired) electrons. The van der Waals surface area contributed by atoms with Crippen molar-refractivity contribution in [3.05, 3.63) is 52.4 Å². The molecule has 2 rings (SSSR count). The van der Waals surface area contributed by atoms with Gasteiger partial charge in [0.05, 0.1) is 21.2 Å². The van der Waals surface area contributed by atoms with Gasteiger partial charge >= 0.3 is 0 Å². The van der Waals surface area contributed by atoms with Crippen LogP contribution in [0, 0.1) is 11.3 Å². The Labute approximate surface area is 118 Å². The minimum Gasteiger partial charge on any atom is -0.288 e. The molecule has 0 saturated carbocycles. The fourth-order valence-corrected chi connectivity index (χ4v) is 4.00. The van der Waals surface area contributed by atoms with E-state index in [1.165, 1.54) is 6.07 Å². The first kappa shape index (κ1) is 13.7. The second-order valence-electron chi connectivity index (χ2n) is 3.75. The Morgan fingerprint density at radius 1 is 1.37 bits per heavy atom. The van der Waals surface area contributed by atoms with Crippen molar-refractivity contribution < 1.29 is 9.00 Å². The molecule has 2 aromatic rings. The molecule has 5 heteroatoms. The summed E-state index contributed by atoms with van der Waals surface area (Å²) in [6.45, 7) is 1.79. The first-order valence-electron chi connectivity index (χ1n) is 5.69. The lowest BCUT2D eigenvalue weighted by molar-refractivity contribution is 0.104. The number of nitriles is 1. The zero-order chi connectivity index (χ0) is 13.8. The highest BCUT2D eigenvalue weighted by Crippen LogP contribution is 2.27. The molecule has 0 aliphatic heterocycles. The Morgan fingerprint density at radius 3 is 2.63 bits per heavy atom. The topological polar surface area (TPSA) is 57.9 Å². The van der Waals surface area contributed by atoms with Gasteiger partial charge in [0, 0.05) is 11.3 Å². The Balaban J connectivity index is 2.43. The first-order chi connectivity index (χ1) is 9.17. The van der Waals surface area contributed by atoms with E-state index in [4.69, 9.17) is 5.26 Å². The number of thiophene rings is 1. The van der Waals surface area contributed by atoms with Crippen molar-refractivity contribution in [3.63, 3.8) is 0 Å². The van der Waals surface area contributed by atoms with Crippen LogP contribution in [0.25, 0.3) is 0 Å². The molecule has 0 saturated heterocycles. The van der Waals surface area contributed by atoms with E-state index in [0.29, 0.717) is 26.0 Å². The molecular formula is C14H11NO2S2. The summed E-state index contributed by atoms with van der Waals surface area (Å²) in [6.07, 6.45) is 0. The molecule has 1 unspecified atom stereocenters. The molecule has 1 aromatic carbocycles. The predicted octanol–water partition coefficient (Wildman–Crippen LogP) is 2.98. The molecular weight excluding hydrogens is 278 g/mol. The summed E-state index contributed by atoms with van der Waals surface area (Å²) in [5.74, 6) is 0.301. The Morgan fingerprint density at radius 2 is 2.05 bits per heavy atom. The van der Waals surface area contributed by atoms with Gasteiger partial charge in [0.1, 0.15) is 10.3 Å². The minimum absolute atomic E-state index is 0.138. The maximum atomic E-state index is 12.2. The van der Waals surface area contributed by atoms with Crippen LogP contribution >= 0.6 is 11.3 Å². The summed E-state index contributed by atoms with van der Waals surface area (Å²) >= 11 is 1.15. The van der Waals surface area contributed by atoms with Crippen molar-refractivity contribution in [2.45, 2.75) is 11.1 Å². The number of nitrogens with zero attached hydrogens (tertiary/aromatic N) is 1. The van der Waals surface area contributed by atoms with Gasteiger partial charge in [0.2, 0.25) is 5.78 Å². The van der Waals surface area contributed by atoms with E-state index in [2.05, 4.69) is 0 Å². The van der Waals surface area contributed by atoms with Crippen LogP contribution in [0.1, 0.15) is 27.7 Å². The molecule has 1 atom stereocenters. The van der Waals surface area contributed by atoms with Crippen molar-refractivity contribution in [2.24, 2.45) is 0 Å². The van der Waals surface area contributed by atoms with E-state index in [1.807, 2.05) is 12.1 Å². The lowest BCUT2D eigenvalue weighted by atomic mass is 10.1. The van der Waals surface area contributed by atoms with Crippen LogP contribution in [0.3, 0.4) is 0 Å². The van der Waals surface area contributed by atoms with Gasteiger partial charge in [-0.15, -0.1) is 11.3 Å². The van der Waals surface area contributed by atoms with E-state index in [0.717, 1.165) is 11.3 Å². The number of ketones is 1. The van der Waals surface area contributed by atoms with Crippen molar-refractivity contribution in [1.29, 1.82) is 5.26 Å². The standard InChI is InChI=1S/C14H11NO2S2/c1-2-19(17)14-11(9-15)8-12(18-14)13(16)10-6-4-3-5-7-10/h3-8H,2H2,1H3. The summed E-state index contributed by atoms with van der Waals surface area (Å²) in [5, 5.41) is 9.04. The monoisotopic (exact) mass is 289 g/mol. The largest absolute Gasteiger partial charge is 0.288 e. The molecule has 96 valence electrons. The zero-order valence-corrected chi connectivity index (χ0v) is 11.9. The number of hydrogen-bond donors (Lipinski definition) is 0. The summed E-state index contributed by atoms with van der Waals surface area (Å²) in [6, 6.07) is 12.4. The van der Waals surface area contributed by atoms with Crippen LogP contribution < -0.4 is 0 Å². The second-order valence-corrected chi connectivity index (χ2v) is 6.74. The predicted molar refractivity (Wildman–Crippen MR) is 75.9 cm³/mol. The highest BCUT2D eigenvalue weighted by molar-refractivity contribution is 7.87. The fraction of sp³-hybridized carbons (Fsp3) is 0.143. The molecule has 1 aromatic heterocycles. The highest BCUT2D eigenvalue weighted by Gasteiger charge is 2.18. The third-order valence-corrected chi connectivity index (χ3v) is 5.44. The van der Waals surface area contributed by atoms with Gasteiger partial charge in [-0.1, -0.05) is 37.3 Å². The van der Waals surface area contributed by atoms with Gasteiger partial charge < -0.3 is 0 Å². The van der Waals surface area contributed by atoms with Gasteiger partial charge in [-0.3, -0.25) is 9.00 Å². The van der Waals surface area contributed by atoms with E-state index in [1.54, 1.807) is 31.2 Å². The molecule has 0 aliphatic rings. The molecule has 0 N–H and O–H groups in total. The average Bonchev–Trinajstić information content (AvgIpc) is 2.90. The SMILES string of the molecule is CCS(=O)c1sc(C(=O)c2ccccc2)cc1C#N. The smallest absolute Gasteiger partial charge is 0.203 e.